The number of hydrogen-bond acceptors (Lipinski definition) is 0. The van der Waals surface area contributed by atoms with E-state index in [-0.39, 0.29) is 0 Å². The molecule has 0 nitrogen and oxygen atoms in total. The minimum Gasteiger partial charge on any atom is -0.0988 e. The van der Waals surface area contributed by atoms with Crippen LogP contribution in [0.4, 0.5) is 0 Å². The molecule has 0 aromatic rings. The fourth-order valence-electron chi connectivity index (χ4n) is 0.856. The highest BCUT2D eigenvalue weighted by molar-refractivity contribution is 5.21. The van der Waals surface area contributed by atoms with Crippen molar-refractivity contribution in [1.29, 1.82) is 0 Å². The molecule has 0 aromatic carbocycles. The van der Waals surface area contributed by atoms with Crippen LogP contribution in [-0.2, 0) is 0 Å². The molecule has 0 saturated carbocycles. The largest absolute Gasteiger partial charge is 0.0988 e. The summed E-state index contributed by atoms with van der Waals surface area (Å²) in [5.74, 6) is 0.706. The Balaban J connectivity index is 4.29. The van der Waals surface area contributed by atoms with Gasteiger partial charge in [-0.3, -0.25) is 0 Å². The predicted molar refractivity (Wildman–Crippen MR) is 48.0 cm³/mol. The van der Waals surface area contributed by atoms with Crippen molar-refractivity contribution in [2.75, 3.05) is 0 Å². The first-order valence-electron chi connectivity index (χ1n) is 3.93. The van der Waals surface area contributed by atoms with Gasteiger partial charge in [-0.1, -0.05) is 37.6 Å². The van der Waals surface area contributed by atoms with Gasteiger partial charge in [0.15, 0.2) is 0 Å². The fraction of sp³-hybridized carbons (Fsp3) is 0.600. The maximum Gasteiger partial charge on any atom is -0.0231 e. The highest BCUT2D eigenvalue weighted by atomic mass is 14.1. The van der Waals surface area contributed by atoms with Crippen LogP contribution >= 0.6 is 0 Å². The molecular weight excluding hydrogens is 120 g/mol. The average molecular weight is 138 g/mol. The third-order valence-corrected chi connectivity index (χ3v) is 2.28. The van der Waals surface area contributed by atoms with Gasteiger partial charge in [0.1, 0.15) is 0 Å². The van der Waals surface area contributed by atoms with Crippen LogP contribution in [-0.4, -0.2) is 0 Å². The van der Waals surface area contributed by atoms with Crippen molar-refractivity contribution in [3.8, 4) is 0 Å². The normalized spacial score (nSPS) is 16.0. The molecule has 1 unspecified atom stereocenters. The van der Waals surface area contributed by atoms with Crippen LogP contribution < -0.4 is 0 Å². The molecule has 10 heavy (non-hydrogen) atoms. The molecule has 0 heteroatoms. The molecule has 0 aromatic heterocycles. The quantitative estimate of drug-likeness (QED) is 0.523. The van der Waals surface area contributed by atoms with Crippen molar-refractivity contribution in [1.82, 2.24) is 0 Å². The van der Waals surface area contributed by atoms with E-state index in [9.17, 15) is 0 Å². The lowest BCUT2D eigenvalue weighted by atomic mass is 9.96. The summed E-state index contributed by atoms with van der Waals surface area (Å²) >= 11 is 0. The van der Waals surface area contributed by atoms with Crippen molar-refractivity contribution in [2.45, 2.75) is 34.1 Å². The van der Waals surface area contributed by atoms with Crippen LogP contribution in [0.3, 0.4) is 0 Å². The summed E-state index contributed by atoms with van der Waals surface area (Å²) in [6.45, 7) is 12.5. The third-order valence-electron chi connectivity index (χ3n) is 2.28. The van der Waals surface area contributed by atoms with Crippen molar-refractivity contribution in [2.24, 2.45) is 5.92 Å². The topological polar surface area (TPSA) is 0 Å². The molecule has 0 bridgehead atoms. The highest BCUT2D eigenvalue weighted by Crippen LogP contribution is 2.17. The van der Waals surface area contributed by atoms with Crippen LogP contribution in [0.25, 0.3) is 0 Å². The van der Waals surface area contributed by atoms with Crippen LogP contribution in [0.5, 0.6) is 0 Å². The van der Waals surface area contributed by atoms with E-state index in [0.717, 1.165) is 0 Å². The molecule has 0 N–H and O–H groups in total. The van der Waals surface area contributed by atoms with Gasteiger partial charge in [0.05, 0.1) is 0 Å². The molecule has 0 rings (SSSR count). The molecular formula is C10H18. The van der Waals surface area contributed by atoms with Gasteiger partial charge >= 0.3 is 0 Å². The lowest BCUT2D eigenvalue weighted by Crippen LogP contribution is -1.95. The Morgan fingerprint density at radius 3 is 2.30 bits per heavy atom. The van der Waals surface area contributed by atoms with E-state index in [0.29, 0.717) is 5.92 Å². The van der Waals surface area contributed by atoms with Crippen LogP contribution in [0.15, 0.2) is 23.8 Å². The monoisotopic (exact) mass is 138 g/mol. The summed E-state index contributed by atoms with van der Waals surface area (Å²) in [6, 6.07) is 0. The standard InChI is InChI=1S/C10H18/c1-6-8(3)10(5)9(4)7-2/h6,9H,1,7H2,2-5H3. The van der Waals surface area contributed by atoms with Crippen molar-refractivity contribution < 1.29 is 0 Å². The van der Waals surface area contributed by atoms with E-state index in [1.807, 2.05) is 6.08 Å². The van der Waals surface area contributed by atoms with Crippen molar-refractivity contribution in [3.05, 3.63) is 23.8 Å². The minimum atomic E-state index is 0.706. The summed E-state index contributed by atoms with van der Waals surface area (Å²) in [5, 5.41) is 0. The highest BCUT2D eigenvalue weighted by Gasteiger charge is 2.01. The second kappa shape index (κ2) is 4.32. The first kappa shape index (κ1) is 9.48. The zero-order valence-electron chi connectivity index (χ0n) is 7.57. The van der Waals surface area contributed by atoms with E-state index in [1.165, 1.54) is 17.6 Å². The van der Waals surface area contributed by atoms with E-state index >= 15 is 0 Å². The Kier molecular flexibility index (Phi) is 4.10. The second-order valence-electron chi connectivity index (χ2n) is 2.88. The van der Waals surface area contributed by atoms with Crippen LogP contribution in [0, 0.1) is 5.92 Å². The Morgan fingerprint density at radius 1 is 1.50 bits per heavy atom. The van der Waals surface area contributed by atoms with Gasteiger partial charge in [0.2, 0.25) is 0 Å². The molecule has 0 heterocycles. The zero-order valence-corrected chi connectivity index (χ0v) is 7.57. The molecule has 0 spiro atoms. The minimum absolute atomic E-state index is 0.706. The van der Waals surface area contributed by atoms with Gasteiger partial charge in [0.25, 0.3) is 0 Å². The third kappa shape index (κ3) is 2.38. The first-order valence-corrected chi connectivity index (χ1v) is 3.93. The average Bonchev–Trinajstić information content (AvgIpc) is 2.00. The molecule has 0 amide bonds. The predicted octanol–water partition coefficient (Wildman–Crippen LogP) is 3.55. The number of allylic oxidation sites excluding steroid dienone is 3. The maximum absolute atomic E-state index is 3.74. The second-order valence-corrected chi connectivity index (χ2v) is 2.88. The molecule has 0 fully saturated rings. The smallest absolute Gasteiger partial charge is 0.0231 e. The van der Waals surface area contributed by atoms with E-state index in [1.54, 1.807) is 0 Å². The van der Waals surface area contributed by atoms with Crippen LogP contribution in [0.2, 0.25) is 0 Å². The Bertz CT molecular complexity index is 140. The number of rotatable bonds is 3. The van der Waals surface area contributed by atoms with Crippen LogP contribution in [0.1, 0.15) is 34.1 Å². The molecule has 0 radical (unpaired) electrons. The van der Waals surface area contributed by atoms with E-state index < -0.39 is 0 Å². The van der Waals surface area contributed by atoms with Gasteiger partial charge in [0, 0.05) is 0 Å². The van der Waals surface area contributed by atoms with Gasteiger partial charge in [-0.05, 0) is 26.2 Å². The van der Waals surface area contributed by atoms with Crippen molar-refractivity contribution in [3.63, 3.8) is 0 Å². The Hall–Kier alpha value is -0.520. The van der Waals surface area contributed by atoms with Gasteiger partial charge < -0.3 is 0 Å². The maximum atomic E-state index is 3.74. The van der Waals surface area contributed by atoms with Gasteiger partial charge in [-0.15, -0.1) is 0 Å². The first-order chi connectivity index (χ1) is 4.63. The molecule has 0 saturated heterocycles. The molecule has 0 aliphatic heterocycles. The summed E-state index contributed by atoms with van der Waals surface area (Å²) in [4.78, 5) is 0. The summed E-state index contributed by atoms with van der Waals surface area (Å²) < 4.78 is 0. The van der Waals surface area contributed by atoms with E-state index in [4.69, 9.17) is 0 Å². The Morgan fingerprint density at radius 2 is 2.00 bits per heavy atom. The Labute approximate surface area is 64.6 Å². The van der Waals surface area contributed by atoms with E-state index in [2.05, 4.69) is 34.3 Å². The summed E-state index contributed by atoms with van der Waals surface area (Å²) in [7, 11) is 0. The summed E-state index contributed by atoms with van der Waals surface area (Å²) in [5.41, 5.74) is 2.80. The fourth-order valence-corrected chi connectivity index (χ4v) is 0.856. The van der Waals surface area contributed by atoms with Crippen molar-refractivity contribution >= 4 is 0 Å². The summed E-state index contributed by atoms with van der Waals surface area (Å²) in [6.07, 6.45) is 3.15. The molecule has 58 valence electrons. The number of hydrogen-bond donors (Lipinski definition) is 0. The lowest BCUT2D eigenvalue weighted by molar-refractivity contribution is 0.650. The molecule has 0 aliphatic rings. The molecule has 0 aliphatic carbocycles. The zero-order chi connectivity index (χ0) is 8.15. The molecule has 1 atom stereocenters. The SMILES string of the molecule is C=CC(C)=C(C)C(C)CC. The van der Waals surface area contributed by atoms with Gasteiger partial charge in [-0.2, -0.15) is 0 Å². The van der Waals surface area contributed by atoms with Gasteiger partial charge in [-0.25, -0.2) is 0 Å². The lowest BCUT2D eigenvalue weighted by Gasteiger charge is -2.10.